The van der Waals surface area contributed by atoms with E-state index in [1.54, 1.807) is 10.6 Å². The number of carbonyl (C=O) groups excluding carboxylic acids is 1. The summed E-state index contributed by atoms with van der Waals surface area (Å²) < 4.78 is 1.77. The van der Waals surface area contributed by atoms with Gasteiger partial charge in [-0.25, -0.2) is 9.97 Å². The number of para-hydroxylation sites is 2. The van der Waals surface area contributed by atoms with Gasteiger partial charge in [-0.05, 0) is 25.5 Å². The van der Waals surface area contributed by atoms with E-state index >= 15 is 0 Å². The van der Waals surface area contributed by atoms with Crippen LogP contribution in [0.2, 0.25) is 0 Å². The number of aromatic nitrogens is 3. The first kappa shape index (κ1) is 16.0. The zero-order chi connectivity index (χ0) is 17.3. The summed E-state index contributed by atoms with van der Waals surface area (Å²) >= 11 is 0. The highest BCUT2D eigenvalue weighted by Crippen LogP contribution is 2.27. The molecule has 0 saturated carbocycles. The third kappa shape index (κ3) is 2.60. The van der Waals surface area contributed by atoms with Crippen LogP contribution >= 0.6 is 0 Å². The van der Waals surface area contributed by atoms with Crippen molar-refractivity contribution in [3.63, 3.8) is 0 Å². The number of benzene rings is 1. The van der Waals surface area contributed by atoms with Gasteiger partial charge < -0.3 is 15.6 Å². The van der Waals surface area contributed by atoms with Crippen LogP contribution in [0.3, 0.4) is 0 Å². The standard InChI is InChI=1S/C18H21N5O/c1-4-10-23-16(19)14(18(24)20-11(3)5-2)15-17(23)22-13-9-7-6-8-12(13)21-15/h4,6-9,11H,1,5,10,19H2,2-3H3,(H,20,24)/t11-/m1/s1. The zero-order valence-electron chi connectivity index (χ0n) is 13.9. The summed E-state index contributed by atoms with van der Waals surface area (Å²) in [6.07, 6.45) is 2.56. The number of nitrogens with two attached hydrogens (primary N) is 1. The Morgan fingerprint density at radius 2 is 2.04 bits per heavy atom. The first-order valence-corrected chi connectivity index (χ1v) is 8.03. The van der Waals surface area contributed by atoms with E-state index < -0.39 is 0 Å². The molecule has 2 heterocycles. The SMILES string of the molecule is C=CCn1c(N)c(C(=O)N[C@H](C)CC)c2nc3ccccc3nc21. The largest absolute Gasteiger partial charge is 0.384 e. The van der Waals surface area contributed by atoms with Crippen LogP contribution in [0.15, 0.2) is 36.9 Å². The average Bonchev–Trinajstić information content (AvgIpc) is 2.84. The monoisotopic (exact) mass is 323 g/mol. The second-order valence-corrected chi connectivity index (χ2v) is 5.83. The van der Waals surface area contributed by atoms with E-state index in [1.165, 1.54) is 0 Å². The van der Waals surface area contributed by atoms with Gasteiger partial charge in [0.05, 0.1) is 11.0 Å². The molecular weight excluding hydrogens is 302 g/mol. The number of anilines is 1. The van der Waals surface area contributed by atoms with Crippen molar-refractivity contribution in [1.82, 2.24) is 19.9 Å². The Labute approximate surface area is 140 Å². The first-order chi connectivity index (χ1) is 11.6. The number of nitrogen functional groups attached to an aromatic ring is 1. The predicted molar refractivity (Wildman–Crippen MR) is 96.9 cm³/mol. The Kier molecular flexibility index (Phi) is 4.20. The van der Waals surface area contributed by atoms with Crippen molar-refractivity contribution in [2.75, 3.05) is 5.73 Å². The molecule has 0 bridgehead atoms. The molecule has 0 aliphatic carbocycles. The van der Waals surface area contributed by atoms with Crippen molar-refractivity contribution in [3.05, 3.63) is 42.5 Å². The number of nitrogens with zero attached hydrogens (tertiary/aromatic N) is 3. The lowest BCUT2D eigenvalue weighted by Crippen LogP contribution is -2.32. The maximum atomic E-state index is 12.7. The lowest BCUT2D eigenvalue weighted by Gasteiger charge is -2.11. The molecule has 6 nitrogen and oxygen atoms in total. The molecule has 124 valence electrons. The molecule has 2 aromatic heterocycles. The molecule has 24 heavy (non-hydrogen) atoms. The molecule has 0 fully saturated rings. The van der Waals surface area contributed by atoms with Gasteiger partial charge in [-0.15, -0.1) is 6.58 Å². The van der Waals surface area contributed by atoms with E-state index in [9.17, 15) is 4.79 Å². The van der Waals surface area contributed by atoms with Crippen LogP contribution < -0.4 is 11.1 Å². The van der Waals surface area contributed by atoms with Gasteiger partial charge >= 0.3 is 0 Å². The molecule has 1 atom stereocenters. The number of carbonyl (C=O) groups is 1. The molecule has 0 aliphatic heterocycles. The summed E-state index contributed by atoms with van der Waals surface area (Å²) in [4.78, 5) is 22.0. The molecule has 0 spiro atoms. The fraction of sp³-hybridized carbons (Fsp3) is 0.278. The van der Waals surface area contributed by atoms with Gasteiger partial charge in [0.2, 0.25) is 0 Å². The molecule has 0 radical (unpaired) electrons. The summed E-state index contributed by atoms with van der Waals surface area (Å²) in [5, 5.41) is 2.96. The van der Waals surface area contributed by atoms with Crippen LogP contribution in [0.5, 0.6) is 0 Å². The van der Waals surface area contributed by atoms with Crippen molar-refractivity contribution < 1.29 is 4.79 Å². The molecule has 3 rings (SSSR count). The Morgan fingerprint density at radius 1 is 1.38 bits per heavy atom. The highest BCUT2D eigenvalue weighted by Gasteiger charge is 2.24. The van der Waals surface area contributed by atoms with E-state index in [4.69, 9.17) is 5.73 Å². The van der Waals surface area contributed by atoms with Crippen LogP contribution in [0.1, 0.15) is 30.6 Å². The van der Waals surface area contributed by atoms with Gasteiger partial charge in [0.15, 0.2) is 5.65 Å². The number of amides is 1. The van der Waals surface area contributed by atoms with Crippen molar-refractivity contribution in [2.24, 2.45) is 0 Å². The molecule has 3 aromatic rings. The molecule has 0 aliphatic rings. The molecular formula is C18H21N5O. The smallest absolute Gasteiger partial charge is 0.257 e. The number of allylic oxidation sites excluding steroid dienone is 1. The third-order valence-corrected chi connectivity index (χ3v) is 4.12. The van der Waals surface area contributed by atoms with E-state index in [2.05, 4.69) is 21.9 Å². The van der Waals surface area contributed by atoms with Crippen molar-refractivity contribution >= 4 is 33.9 Å². The summed E-state index contributed by atoms with van der Waals surface area (Å²) in [6.45, 7) is 8.19. The Hall–Kier alpha value is -2.89. The zero-order valence-corrected chi connectivity index (χ0v) is 13.9. The second kappa shape index (κ2) is 6.31. The van der Waals surface area contributed by atoms with Crippen LogP contribution in [-0.4, -0.2) is 26.5 Å². The average molecular weight is 323 g/mol. The second-order valence-electron chi connectivity index (χ2n) is 5.83. The van der Waals surface area contributed by atoms with Gasteiger partial charge in [-0.3, -0.25) is 4.79 Å². The minimum absolute atomic E-state index is 0.0584. The predicted octanol–water partition coefficient (Wildman–Crippen LogP) is 2.88. The van der Waals surface area contributed by atoms with E-state index in [1.807, 2.05) is 38.1 Å². The van der Waals surface area contributed by atoms with Gasteiger partial charge in [-0.1, -0.05) is 25.1 Å². The lowest BCUT2D eigenvalue weighted by atomic mass is 10.2. The summed E-state index contributed by atoms with van der Waals surface area (Å²) in [5.74, 6) is 0.139. The summed E-state index contributed by atoms with van der Waals surface area (Å²) in [6, 6.07) is 7.62. The quantitative estimate of drug-likeness (QED) is 0.707. The number of nitrogens with one attached hydrogen (secondary N) is 1. The minimum atomic E-state index is -0.223. The fourth-order valence-corrected chi connectivity index (χ4v) is 2.65. The number of hydrogen-bond donors (Lipinski definition) is 2. The maximum Gasteiger partial charge on any atom is 0.257 e. The Morgan fingerprint density at radius 3 is 2.67 bits per heavy atom. The number of fused-ring (bicyclic) bond motifs is 2. The van der Waals surface area contributed by atoms with Crippen LogP contribution in [0.25, 0.3) is 22.2 Å². The fourth-order valence-electron chi connectivity index (χ4n) is 2.65. The van der Waals surface area contributed by atoms with Crippen molar-refractivity contribution in [2.45, 2.75) is 32.9 Å². The van der Waals surface area contributed by atoms with Crippen molar-refractivity contribution in [3.8, 4) is 0 Å². The molecule has 1 amide bonds. The third-order valence-electron chi connectivity index (χ3n) is 4.12. The molecule has 0 unspecified atom stereocenters. The van der Waals surface area contributed by atoms with E-state index in [0.29, 0.717) is 29.1 Å². The van der Waals surface area contributed by atoms with Gasteiger partial charge in [0, 0.05) is 12.6 Å². The summed E-state index contributed by atoms with van der Waals surface area (Å²) in [5.41, 5.74) is 9.26. The topological polar surface area (TPSA) is 85.8 Å². The molecule has 6 heteroatoms. The molecule has 0 saturated heterocycles. The van der Waals surface area contributed by atoms with E-state index in [0.717, 1.165) is 17.5 Å². The number of hydrogen-bond acceptors (Lipinski definition) is 4. The Balaban J connectivity index is 2.27. The number of rotatable bonds is 5. The van der Waals surface area contributed by atoms with Crippen LogP contribution in [0, 0.1) is 0 Å². The first-order valence-electron chi connectivity index (χ1n) is 8.03. The van der Waals surface area contributed by atoms with Crippen molar-refractivity contribution in [1.29, 1.82) is 0 Å². The van der Waals surface area contributed by atoms with Gasteiger partial charge in [0.25, 0.3) is 5.91 Å². The van der Waals surface area contributed by atoms with Crippen LogP contribution in [0.4, 0.5) is 5.82 Å². The Bertz CT molecular complexity index is 928. The van der Waals surface area contributed by atoms with Gasteiger partial charge in [-0.2, -0.15) is 0 Å². The maximum absolute atomic E-state index is 12.7. The van der Waals surface area contributed by atoms with Gasteiger partial charge in [0.1, 0.15) is 16.9 Å². The minimum Gasteiger partial charge on any atom is -0.384 e. The van der Waals surface area contributed by atoms with E-state index in [-0.39, 0.29) is 11.9 Å². The molecule has 1 aromatic carbocycles. The normalized spacial score (nSPS) is 12.4. The highest BCUT2D eigenvalue weighted by atomic mass is 16.1. The summed E-state index contributed by atoms with van der Waals surface area (Å²) in [7, 11) is 0. The van der Waals surface area contributed by atoms with Crippen LogP contribution in [-0.2, 0) is 6.54 Å². The lowest BCUT2D eigenvalue weighted by molar-refractivity contribution is 0.0941. The highest BCUT2D eigenvalue weighted by molar-refractivity contribution is 6.10. The molecule has 3 N–H and O–H groups in total.